The number of benzene rings is 2. The molecule has 7 nitrogen and oxygen atoms in total. The fourth-order valence-electron chi connectivity index (χ4n) is 3.61. The molecule has 33 heavy (non-hydrogen) atoms. The first-order valence-electron chi connectivity index (χ1n) is 11.1. The lowest BCUT2D eigenvalue weighted by Crippen LogP contribution is -2.51. The number of piperazine rings is 1. The van der Waals surface area contributed by atoms with Gasteiger partial charge in [0, 0.05) is 54.6 Å². The summed E-state index contributed by atoms with van der Waals surface area (Å²) in [7, 11) is 0. The molecule has 1 saturated heterocycles. The monoisotopic (exact) mass is 466 g/mol. The Morgan fingerprint density at radius 3 is 2.24 bits per heavy atom. The third kappa shape index (κ3) is 6.58. The van der Waals surface area contributed by atoms with Crippen molar-refractivity contribution in [2.45, 2.75) is 18.9 Å². The predicted octanol–water partition coefficient (Wildman–Crippen LogP) is 2.71. The average molecular weight is 467 g/mol. The molecule has 2 fully saturated rings. The number of rotatable bonds is 7. The quantitative estimate of drug-likeness (QED) is 0.615. The summed E-state index contributed by atoms with van der Waals surface area (Å²) in [6.45, 7) is 2.64. The lowest BCUT2D eigenvalue weighted by molar-refractivity contribution is -0.132. The van der Waals surface area contributed by atoms with Crippen LogP contribution >= 0.6 is 11.6 Å². The topological polar surface area (TPSA) is 81.8 Å². The summed E-state index contributed by atoms with van der Waals surface area (Å²) >= 11 is 5.94. The van der Waals surface area contributed by atoms with Gasteiger partial charge >= 0.3 is 0 Å². The maximum absolute atomic E-state index is 12.5. The third-order valence-electron chi connectivity index (χ3n) is 5.75. The van der Waals surface area contributed by atoms with Crippen molar-refractivity contribution in [3.63, 3.8) is 0 Å². The molecule has 2 aliphatic rings. The van der Waals surface area contributed by atoms with E-state index >= 15 is 0 Å². The molecule has 2 aromatic carbocycles. The smallest absolute Gasteiger partial charge is 0.251 e. The summed E-state index contributed by atoms with van der Waals surface area (Å²) in [5.74, 6) is -0.504. The number of amides is 3. The van der Waals surface area contributed by atoms with Crippen LogP contribution in [0.15, 0.2) is 54.6 Å². The van der Waals surface area contributed by atoms with Gasteiger partial charge in [-0.3, -0.25) is 14.4 Å². The average Bonchev–Trinajstić information content (AvgIpc) is 3.66. The fraction of sp³-hybridized carbons (Fsp3) is 0.320. The number of hydrogen-bond donors (Lipinski definition) is 2. The molecule has 3 amide bonds. The van der Waals surface area contributed by atoms with Crippen LogP contribution in [0, 0.1) is 0 Å². The van der Waals surface area contributed by atoms with Crippen LogP contribution in [0.1, 0.15) is 28.8 Å². The molecule has 0 spiro atoms. The minimum absolute atomic E-state index is 0.0373. The summed E-state index contributed by atoms with van der Waals surface area (Å²) in [6.07, 6.45) is 5.14. The molecular weight excluding hydrogens is 440 g/mol. The molecule has 1 aliphatic heterocycles. The number of nitrogens with zero attached hydrogens (tertiary/aromatic N) is 2. The van der Waals surface area contributed by atoms with Gasteiger partial charge in [0.25, 0.3) is 5.91 Å². The van der Waals surface area contributed by atoms with Crippen molar-refractivity contribution >= 4 is 41.1 Å². The number of anilines is 1. The van der Waals surface area contributed by atoms with Crippen LogP contribution in [0.5, 0.6) is 0 Å². The van der Waals surface area contributed by atoms with Crippen LogP contribution in [0.2, 0.25) is 5.02 Å². The molecule has 2 N–H and O–H groups in total. The minimum Gasteiger partial charge on any atom is -0.368 e. The van der Waals surface area contributed by atoms with Gasteiger partial charge in [0.2, 0.25) is 11.8 Å². The molecule has 1 saturated carbocycles. The van der Waals surface area contributed by atoms with Crippen molar-refractivity contribution in [3.8, 4) is 0 Å². The minimum atomic E-state index is -0.335. The lowest BCUT2D eigenvalue weighted by Gasteiger charge is -2.36. The van der Waals surface area contributed by atoms with Crippen LogP contribution in [0.3, 0.4) is 0 Å². The number of hydrogen-bond acceptors (Lipinski definition) is 4. The number of carbonyl (C=O) groups is 3. The molecule has 0 atom stereocenters. The molecule has 0 radical (unpaired) electrons. The highest BCUT2D eigenvalue weighted by molar-refractivity contribution is 6.30. The van der Waals surface area contributed by atoms with Gasteiger partial charge in [-0.25, -0.2) is 0 Å². The van der Waals surface area contributed by atoms with Crippen LogP contribution in [-0.4, -0.2) is 61.4 Å². The Balaban J connectivity index is 1.18. The number of halogens is 1. The van der Waals surface area contributed by atoms with Gasteiger partial charge in [0.05, 0.1) is 6.54 Å². The standard InChI is InChI=1S/C25H27ClN4O3/c26-20-6-10-22(11-7-20)29-13-15-30(16-14-29)24(32)17-27-23(31)12-3-18-1-4-19(5-2-18)25(33)28-21-8-9-21/h1-7,10-12,21H,8-9,13-17H2,(H,27,31)(H,28,33)/b12-3+. The summed E-state index contributed by atoms with van der Waals surface area (Å²) in [6, 6.07) is 15.0. The molecule has 0 unspecified atom stereocenters. The van der Waals surface area contributed by atoms with Crippen LogP contribution in [0.4, 0.5) is 5.69 Å². The molecule has 1 aliphatic carbocycles. The van der Waals surface area contributed by atoms with Crippen molar-refractivity contribution < 1.29 is 14.4 Å². The molecule has 172 valence electrons. The van der Waals surface area contributed by atoms with E-state index in [1.807, 2.05) is 24.3 Å². The molecule has 4 rings (SSSR count). The van der Waals surface area contributed by atoms with Gasteiger partial charge in [-0.15, -0.1) is 0 Å². The number of nitrogens with one attached hydrogen (secondary N) is 2. The Kier molecular flexibility index (Phi) is 7.29. The highest BCUT2D eigenvalue weighted by Gasteiger charge is 2.23. The normalized spacial score (nSPS) is 16.0. The zero-order chi connectivity index (χ0) is 23.2. The second-order valence-electron chi connectivity index (χ2n) is 8.27. The number of carbonyl (C=O) groups excluding carboxylic acids is 3. The van der Waals surface area contributed by atoms with Gasteiger partial charge in [0.1, 0.15) is 0 Å². The lowest BCUT2D eigenvalue weighted by atomic mass is 10.1. The van der Waals surface area contributed by atoms with E-state index in [1.165, 1.54) is 6.08 Å². The molecule has 1 heterocycles. The van der Waals surface area contributed by atoms with E-state index in [-0.39, 0.29) is 24.3 Å². The zero-order valence-corrected chi connectivity index (χ0v) is 19.1. The van der Waals surface area contributed by atoms with Crippen molar-refractivity contribution in [2.24, 2.45) is 0 Å². The van der Waals surface area contributed by atoms with Gasteiger partial charge in [-0.2, -0.15) is 0 Å². The van der Waals surface area contributed by atoms with Gasteiger partial charge in [-0.05, 0) is 60.9 Å². The summed E-state index contributed by atoms with van der Waals surface area (Å²) in [4.78, 5) is 40.6. The Bertz CT molecular complexity index is 1020. The highest BCUT2D eigenvalue weighted by atomic mass is 35.5. The Morgan fingerprint density at radius 1 is 0.939 bits per heavy atom. The predicted molar refractivity (Wildman–Crippen MR) is 129 cm³/mol. The Hall–Kier alpha value is -3.32. The first-order chi connectivity index (χ1) is 16.0. The zero-order valence-electron chi connectivity index (χ0n) is 18.3. The molecular formula is C25H27ClN4O3. The summed E-state index contributed by atoms with van der Waals surface area (Å²) in [5, 5.41) is 6.29. The van der Waals surface area contributed by atoms with E-state index in [2.05, 4.69) is 15.5 Å². The van der Waals surface area contributed by atoms with Gasteiger partial charge in [-0.1, -0.05) is 23.7 Å². The van der Waals surface area contributed by atoms with Crippen molar-refractivity contribution in [1.29, 1.82) is 0 Å². The molecule has 0 aromatic heterocycles. The summed E-state index contributed by atoms with van der Waals surface area (Å²) in [5.41, 5.74) is 2.49. The Labute approximate surface area is 198 Å². The van der Waals surface area contributed by atoms with Crippen LogP contribution in [-0.2, 0) is 9.59 Å². The van der Waals surface area contributed by atoms with E-state index in [0.717, 1.165) is 37.2 Å². The summed E-state index contributed by atoms with van der Waals surface area (Å²) < 4.78 is 0. The van der Waals surface area contributed by atoms with Crippen LogP contribution in [0.25, 0.3) is 6.08 Å². The van der Waals surface area contributed by atoms with E-state index in [0.29, 0.717) is 29.7 Å². The van der Waals surface area contributed by atoms with E-state index < -0.39 is 0 Å². The van der Waals surface area contributed by atoms with Crippen molar-refractivity contribution in [1.82, 2.24) is 15.5 Å². The Morgan fingerprint density at radius 2 is 1.61 bits per heavy atom. The van der Waals surface area contributed by atoms with Crippen molar-refractivity contribution in [3.05, 3.63) is 70.8 Å². The molecule has 0 bridgehead atoms. The fourth-order valence-corrected chi connectivity index (χ4v) is 3.74. The van der Waals surface area contributed by atoms with Gasteiger partial charge in [0.15, 0.2) is 0 Å². The maximum atomic E-state index is 12.5. The van der Waals surface area contributed by atoms with Gasteiger partial charge < -0.3 is 20.4 Å². The second-order valence-corrected chi connectivity index (χ2v) is 8.70. The first kappa shape index (κ1) is 22.9. The second kappa shape index (κ2) is 10.5. The van der Waals surface area contributed by atoms with Crippen LogP contribution < -0.4 is 15.5 Å². The largest absolute Gasteiger partial charge is 0.368 e. The molecule has 8 heteroatoms. The van der Waals surface area contributed by atoms with Crippen molar-refractivity contribution in [2.75, 3.05) is 37.6 Å². The first-order valence-corrected chi connectivity index (χ1v) is 11.5. The maximum Gasteiger partial charge on any atom is 0.251 e. The highest BCUT2D eigenvalue weighted by Crippen LogP contribution is 2.20. The van der Waals surface area contributed by atoms with E-state index in [1.54, 1.807) is 35.2 Å². The van der Waals surface area contributed by atoms with E-state index in [4.69, 9.17) is 11.6 Å². The third-order valence-corrected chi connectivity index (χ3v) is 6.00. The SMILES string of the molecule is O=C(/C=C/c1ccc(C(=O)NC2CC2)cc1)NCC(=O)N1CCN(c2ccc(Cl)cc2)CC1. The van der Waals surface area contributed by atoms with E-state index in [9.17, 15) is 14.4 Å². The molecule has 2 aromatic rings.